The maximum absolute atomic E-state index is 12.8. The van der Waals surface area contributed by atoms with Crippen LogP contribution in [0.1, 0.15) is 24.8 Å². The molecule has 0 saturated carbocycles. The number of carbonyl (C=O) groups is 2. The number of hydrogen-bond donors (Lipinski definition) is 1. The molecule has 7 nitrogen and oxygen atoms in total. The predicted octanol–water partition coefficient (Wildman–Crippen LogP) is 0.678. The van der Waals surface area contributed by atoms with E-state index in [-0.39, 0.29) is 36.2 Å². The van der Waals surface area contributed by atoms with Gasteiger partial charge in [0.15, 0.2) is 0 Å². The van der Waals surface area contributed by atoms with Gasteiger partial charge in [-0.2, -0.15) is 0 Å². The van der Waals surface area contributed by atoms with Gasteiger partial charge in [0.05, 0.1) is 12.5 Å². The lowest BCUT2D eigenvalue weighted by atomic mass is 9.80. The van der Waals surface area contributed by atoms with Crippen LogP contribution in [0.2, 0.25) is 0 Å². The highest BCUT2D eigenvalue weighted by Crippen LogP contribution is 2.31. The predicted molar refractivity (Wildman–Crippen MR) is 95.0 cm³/mol. The van der Waals surface area contributed by atoms with Gasteiger partial charge >= 0.3 is 0 Å². The monoisotopic (exact) mass is 361 g/mol. The lowest BCUT2D eigenvalue weighted by Gasteiger charge is -2.39. The summed E-state index contributed by atoms with van der Waals surface area (Å²) in [6.45, 7) is 2.73. The van der Waals surface area contributed by atoms with Gasteiger partial charge in [0.25, 0.3) is 0 Å². The van der Waals surface area contributed by atoms with E-state index < -0.39 is 0 Å². The molecule has 2 fully saturated rings. The van der Waals surface area contributed by atoms with Crippen molar-refractivity contribution >= 4 is 11.8 Å². The van der Waals surface area contributed by atoms with Crippen molar-refractivity contribution in [1.29, 1.82) is 0 Å². The first-order valence-corrected chi connectivity index (χ1v) is 9.13. The van der Waals surface area contributed by atoms with Crippen molar-refractivity contribution in [3.05, 3.63) is 30.1 Å². The van der Waals surface area contributed by atoms with Crippen LogP contribution >= 0.6 is 0 Å². The van der Waals surface area contributed by atoms with Crippen molar-refractivity contribution in [3.63, 3.8) is 0 Å². The number of aliphatic hydroxyl groups is 1. The molecule has 0 bridgehead atoms. The Morgan fingerprint density at radius 2 is 2.08 bits per heavy atom. The molecule has 2 aliphatic rings. The highest BCUT2D eigenvalue weighted by atomic mass is 16.5. The van der Waals surface area contributed by atoms with Crippen LogP contribution in [0.4, 0.5) is 0 Å². The van der Waals surface area contributed by atoms with Crippen LogP contribution < -0.4 is 0 Å². The van der Waals surface area contributed by atoms with Gasteiger partial charge < -0.3 is 19.6 Å². The first kappa shape index (κ1) is 18.8. The van der Waals surface area contributed by atoms with Crippen molar-refractivity contribution in [1.82, 2.24) is 14.8 Å². The molecule has 1 atom stereocenters. The van der Waals surface area contributed by atoms with Crippen LogP contribution in [-0.2, 0) is 20.9 Å². The molecule has 2 saturated heterocycles. The van der Waals surface area contributed by atoms with Gasteiger partial charge in [0.1, 0.15) is 0 Å². The van der Waals surface area contributed by atoms with Crippen LogP contribution in [0.3, 0.4) is 0 Å². The summed E-state index contributed by atoms with van der Waals surface area (Å²) in [6, 6.07) is 3.76. The Morgan fingerprint density at radius 1 is 1.38 bits per heavy atom. The third-order valence-electron chi connectivity index (χ3n) is 5.52. The van der Waals surface area contributed by atoms with Gasteiger partial charge in [0.2, 0.25) is 11.8 Å². The number of carbonyl (C=O) groups excluding carboxylic acids is 2. The summed E-state index contributed by atoms with van der Waals surface area (Å²) in [7, 11) is 1.77. The third kappa shape index (κ3) is 4.22. The molecular weight excluding hydrogens is 334 g/mol. The largest absolute Gasteiger partial charge is 0.396 e. The summed E-state index contributed by atoms with van der Waals surface area (Å²) in [6.07, 6.45) is 5.16. The number of nitrogens with zero attached hydrogens (tertiary/aromatic N) is 3. The number of aliphatic hydroxyl groups excluding tert-OH is 1. The number of likely N-dealkylation sites (tertiary alicyclic amines) is 1. The third-order valence-corrected chi connectivity index (χ3v) is 5.52. The summed E-state index contributed by atoms with van der Waals surface area (Å²) < 4.78 is 5.38. The lowest BCUT2D eigenvalue weighted by molar-refractivity contribution is -0.137. The Bertz CT molecular complexity index is 631. The maximum atomic E-state index is 12.8. The standard InChI is InChI=1S/C19H27N3O4/c1-21(13-19(14-23)4-8-26-9-5-19)18(25)16-10-17(24)22(12-16)11-15-2-6-20-7-3-15/h2-3,6-7,16,23H,4-5,8-14H2,1H3/t16-/m0/s1. The van der Waals surface area contributed by atoms with Gasteiger partial charge in [-0.15, -0.1) is 0 Å². The van der Waals surface area contributed by atoms with Gasteiger partial charge in [-0.25, -0.2) is 0 Å². The summed E-state index contributed by atoms with van der Waals surface area (Å²) in [5.74, 6) is -0.323. The molecule has 0 spiro atoms. The highest BCUT2D eigenvalue weighted by Gasteiger charge is 2.39. The van der Waals surface area contributed by atoms with E-state index in [1.807, 2.05) is 12.1 Å². The average molecular weight is 361 g/mol. The van der Waals surface area contributed by atoms with Gasteiger partial charge in [-0.05, 0) is 30.5 Å². The smallest absolute Gasteiger partial charge is 0.227 e. The molecule has 1 aromatic rings. The Balaban J connectivity index is 1.58. The molecule has 3 rings (SSSR count). The lowest BCUT2D eigenvalue weighted by Crippen LogP contribution is -2.46. The number of ether oxygens (including phenoxy) is 1. The molecule has 1 N–H and O–H groups in total. The van der Waals surface area contributed by atoms with E-state index in [0.29, 0.717) is 32.8 Å². The van der Waals surface area contributed by atoms with E-state index in [1.54, 1.807) is 29.2 Å². The average Bonchev–Trinajstić information content (AvgIpc) is 3.03. The van der Waals surface area contributed by atoms with Crippen molar-refractivity contribution in [2.45, 2.75) is 25.8 Å². The van der Waals surface area contributed by atoms with E-state index in [2.05, 4.69) is 4.98 Å². The SMILES string of the molecule is CN(CC1(CO)CCOCC1)C(=O)[C@H]1CC(=O)N(Cc2ccncc2)C1. The minimum atomic E-state index is -0.315. The van der Waals surface area contributed by atoms with Crippen LogP contribution in [0.25, 0.3) is 0 Å². The number of hydrogen-bond acceptors (Lipinski definition) is 5. The number of pyridine rings is 1. The molecule has 0 aliphatic carbocycles. The van der Waals surface area contributed by atoms with Gasteiger partial charge in [0, 0.05) is 64.1 Å². The Morgan fingerprint density at radius 3 is 2.73 bits per heavy atom. The second-order valence-corrected chi connectivity index (χ2v) is 7.50. The van der Waals surface area contributed by atoms with E-state index in [0.717, 1.165) is 18.4 Å². The molecule has 142 valence electrons. The quantitative estimate of drug-likeness (QED) is 0.806. The first-order valence-electron chi connectivity index (χ1n) is 9.13. The van der Waals surface area contributed by atoms with E-state index in [9.17, 15) is 14.7 Å². The fourth-order valence-electron chi connectivity index (χ4n) is 3.86. The first-order chi connectivity index (χ1) is 12.5. The Hall–Kier alpha value is -1.99. The highest BCUT2D eigenvalue weighted by molar-refractivity contribution is 5.89. The van der Waals surface area contributed by atoms with E-state index in [4.69, 9.17) is 4.74 Å². The van der Waals surface area contributed by atoms with Gasteiger partial charge in [-0.1, -0.05) is 0 Å². The molecule has 0 unspecified atom stereocenters. The Labute approximate surface area is 153 Å². The summed E-state index contributed by atoms with van der Waals surface area (Å²) in [5, 5.41) is 9.82. The van der Waals surface area contributed by atoms with Gasteiger partial charge in [-0.3, -0.25) is 14.6 Å². The van der Waals surface area contributed by atoms with Crippen molar-refractivity contribution in [2.75, 3.05) is 40.0 Å². The fraction of sp³-hybridized carbons (Fsp3) is 0.632. The zero-order valence-corrected chi connectivity index (χ0v) is 15.3. The number of rotatable bonds is 6. The van der Waals surface area contributed by atoms with Crippen molar-refractivity contribution in [3.8, 4) is 0 Å². The van der Waals surface area contributed by atoms with Crippen LogP contribution in [0, 0.1) is 11.3 Å². The molecular formula is C19H27N3O4. The van der Waals surface area contributed by atoms with Crippen molar-refractivity contribution in [2.24, 2.45) is 11.3 Å². The van der Waals surface area contributed by atoms with Crippen molar-refractivity contribution < 1.29 is 19.4 Å². The molecule has 7 heteroatoms. The molecule has 1 aromatic heterocycles. The zero-order chi connectivity index (χ0) is 18.6. The summed E-state index contributed by atoms with van der Waals surface area (Å²) >= 11 is 0. The molecule has 0 aromatic carbocycles. The number of amides is 2. The van der Waals surface area contributed by atoms with Crippen LogP contribution in [0.5, 0.6) is 0 Å². The second kappa shape index (κ2) is 8.14. The molecule has 26 heavy (non-hydrogen) atoms. The summed E-state index contributed by atoms with van der Waals surface area (Å²) in [4.78, 5) is 32.6. The van der Waals surface area contributed by atoms with E-state index >= 15 is 0 Å². The topological polar surface area (TPSA) is 83.0 Å². The molecule has 0 radical (unpaired) electrons. The zero-order valence-electron chi connectivity index (χ0n) is 15.3. The molecule has 2 aliphatic heterocycles. The van der Waals surface area contributed by atoms with Crippen LogP contribution in [-0.4, -0.2) is 71.7 Å². The minimum Gasteiger partial charge on any atom is -0.396 e. The maximum Gasteiger partial charge on any atom is 0.227 e. The van der Waals surface area contributed by atoms with Crippen LogP contribution in [0.15, 0.2) is 24.5 Å². The minimum absolute atomic E-state index is 0.0106. The Kier molecular flexibility index (Phi) is 5.88. The second-order valence-electron chi connectivity index (χ2n) is 7.50. The fourth-order valence-corrected chi connectivity index (χ4v) is 3.86. The molecule has 2 amide bonds. The molecule has 3 heterocycles. The number of aromatic nitrogens is 1. The van der Waals surface area contributed by atoms with E-state index in [1.165, 1.54) is 0 Å². The summed E-state index contributed by atoms with van der Waals surface area (Å²) in [5.41, 5.74) is 0.721. The normalized spacial score (nSPS) is 22.5.